The number of hydrogen-bond acceptors (Lipinski definition) is 5. The van der Waals surface area contributed by atoms with E-state index in [9.17, 15) is 4.79 Å². The Bertz CT molecular complexity index is 984. The molecule has 0 spiro atoms. The highest BCUT2D eigenvalue weighted by molar-refractivity contribution is 5.88. The lowest BCUT2D eigenvalue weighted by Crippen LogP contribution is -2.03. The summed E-state index contributed by atoms with van der Waals surface area (Å²) in [7, 11) is 1.59. The van der Waals surface area contributed by atoms with E-state index in [-0.39, 0.29) is 12.2 Å². The van der Waals surface area contributed by atoms with Gasteiger partial charge in [-0.05, 0) is 48.4 Å². The number of aromatic carboxylic acids is 1. The number of carboxylic acid groups (broad SMARTS) is 1. The van der Waals surface area contributed by atoms with Gasteiger partial charge in [-0.1, -0.05) is 36.4 Å². The first-order chi connectivity index (χ1) is 14.6. The van der Waals surface area contributed by atoms with E-state index in [2.05, 4.69) is 0 Å². The van der Waals surface area contributed by atoms with Crippen LogP contribution in [-0.4, -0.2) is 24.8 Å². The summed E-state index contributed by atoms with van der Waals surface area (Å²) in [6, 6.07) is 20.0. The van der Waals surface area contributed by atoms with Crippen molar-refractivity contribution >= 4 is 5.97 Å². The van der Waals surface area contributed by atoms with Crippen LogP contribution in [0, 0.1) is 0 Å². The fourth-order valence-corrected chi connectivity index (χ4v) is 2.85. The predicted octanol–water partition coefficient (Wildman–Crippen LogP) is 4.95. The number of hydrogen-bond donors (Lipinski definition) is 1. The van der Waals surface area contributed by atoms with E-state index >= 15 is 0 Å². The summed E-state index contributed by atoms with van der Waals surface area (Å²) < 4.78 is 22.7. The molecule has 0 amide bonds. The number of rotatable bonds is 10. The minimum atomic E-state index is -1.02. The standard InChI is InChI=1S/C24H24O6/c1-3-28-23-14-19(24(25)26)10-12-21(23)30-16-18-9-11-20(22(13-18)27-2)29-15-17-7-5-4-6-8-17/h4-14H,3,15-16H2,1-2H3,(H,25,26). The van der Waals surface area contributed by atoms with Crippen LogP contribution in [0.3, 0.4) is 0 Å². The maximum Gasteiger partial charge on any atom is 0.335 e. The molecule has 6 heteroatoms. The van der Waals surface area contributed by atoms with Crippen molar-refractivity contribution in [3.63, 3.8) is 0 Å². The molecule has 0 aliphatic heterocycles. The highest BCUT2D eigenvalue weighted by Crippen LogP contribution is 2.32. The van der Waals surface area contributed by atoms with E-state index in [4.69, 9.17) is 24.1 Å². The molecule has 0 saturated heterocycles. The van der Waals surface area contributed by atoms with Gasteiger partial charge in [0.25, 0.3) is 0 Å². The normalized spacial score (nSPS) is 10.3. The average molecular weight is 408 g/mol. The zero-order valence-electron chi connectivity index (χ0n) is 17.0. The number of methoxy groups -OCH3 is 1. The lowest BCUT2D eigenvalue weighted by Gasteiger charge is -2.15. The highest BCUT2D eigenvalue weighted by Gasteiger charge is 2.12. The molecule has 0 aliphatic carbocycles. The van der Waals surface area contributed by atoms with Gasteiger partial charge >= 0.3 is 5.97 Å². The second-order valence-electron chi connectivity index (χ2n) is 6.45. The van der Waals surface area contributed by atoms with Gasteiger partial charge in [0.1, 0.15) is 13.2 Å². The first-order valence-electron chi connectivity index (χ1n) is 9.57. The monoisotopic (exact) mass is 408 g/mol. The van der Waals surface area contributed by atoms with Crippen LogP contribution < -0.4 is 18.9 Å². The molecule has 3 aromatic rings. The molecule has 0 fully saturated rings. The third kappa shape index (κ3) is 5.44. The maximum absolute atomic E-state index is 11.2. The quantitative estimate of drug-likeness (QED) is 0.512. The molecule has 0 unspecified atom stereocenters. The SMILES string of the molecule is CCOc1cc(C(=O)O)ccc1OCc1ccc(OCc2ccccc2)c(OC)c1. The minimum absolute atomic E-state index is 0.146. The van der Waals surface area contributed by atoms with Gasteiger partial charge in [-0.2, -0.15) is 0 Å². The van der Waals surface area contributed by atoms with Gasteiger partial charge in [-0.3, -0.25) is 0 Å². The summed E-state index contributed by atoms with van der Waals surface area (Å²) in [6.07, 6.45) is 0. The molecule has 0 heterocycles. The number of carboxylic acids is 1. The van der Waals surface area contributed by atoms with Crippen LogP contribution in [0.15, 0.2) is 66.7 Å². The molecule has 0 radical (unpaired) electrons. The van der Waals surface area contributed by atoms with Crippen LogP contribution in [0.25, 0.3) is 0 Å². The van der Waals surface area contributed by atoms with Gasteiger partial charge in [0, 0.05) is 0 Å². The van der Waals surface area contributed by atoms with E-state index in [0.29, 0.717) is 36.2 Å². The lowest BCUT2D eigenvalue weighted by atomic mass is 10.2. The summed E-state index contributed by atoms with van der Waals surface area (Å²) in [5, 5.41) is 9.15. The van der Waals surface area contributed by atoms with Crippen molar-refractivity contribution in [3.05, 3.63) is 83.4 Å². The molecule has 6 nitrogen and oxygen atoms in total. The van der Waals surface area contributed by atoms with Gasteiger partial charge in [0.15, 0.2) is 23.0 Å². The zero-order chi connectivity index (χ0) is 21.3. The van der Waals surface area contributed by atoms with Gasteiger partial charge in [0.05, 0.1) is 19.3 Å². The van der Waals surface area contributed by atoms with Crippen LogP contribution in [-0.2, 0) is 13.2 Å². The molecular weight excluding hydrogens is 384 g/mol. The van der Waals surface area contributed by atoms with E-state index in [0.717, 1.165) is 11.1 Å². The fourth-order valence-electron chi connectivity index (χ4n) is 2.85. The second kappa shape index (κ2) is 10.2. The van der Waals surface area contributed by atoms with E-state index in [1.807, 2.05) is 55.5 Å². The Hall–Kier alpha value is -3.67. The summed E-state index contributed by atoms with van der Waals surface area (Å²) in [5.74, 6) is 1.11. The molecular formula is C24H24O6. The largest absolute Gasteiger partial charge is 0.493 e. The van der Waals surface area contributed by atoms with Crippen molar-refractivity contribution in [2.75, 3.05) is 13.7 Å². The Morgan fingerprint density at radius 3 is 2.10 bits per heavy atom. The molecule has 0 atom stereocenters. The lowest BCUT2D eigenvalue weighted by molar-refractivity contribution is 0.0696. The van der Waals surface area contributed by atoms with Gasteiger partial charge in [0.2, 0.25) is 0 Å². The fraction of sp³-hybridized carbons (Fsp3) is 0.208. The maximum atomic E-state index is 11.2. The summed E-state index contributed by atoms with van der Waals surface area (Å²) in [5.41, 5.74) is 2.09. The van der Waals surface area contributed by atoms with Crippen molar-refractivity contribution in [1.82, 2.24) is 0 Å². The summed E-state index contributed by atoms with van der Waals surface area (Å²) >= 11 is 0. The van der Waals surface area contributed by atoms with Crippen molar-refractivity contribution in [2.45, 2.75) is 20.1 Å². The van der Waals surface area contributed by atoms with Crippen molar-refractivity contribution in [2.24, 2.45) is 0 Å². The third-order valence-corrected chi connectivity index (χ3v) is 4.35. The predicted molar refractivity (Wildman–Crippen MR) is 113 cm³/mol. The molecule has 0 saturated carbocycles. The molecule has 156 valence electrons. The third-order valence-electron chi connectivity index (χ3n) is 4.35. The number of benzene rings is 3. The molecule has 3 aromatic carbocycles. The summed E-state index contributed by atoms with van der Waals surface area (Å²) in [6.45, 7) is 2.94. The smallest absolute Gasteiger partial charge is 0.335 e. The first kappa shape index (κ1) is 21.0. The molecule has 0 bridgehead atoms. The van der Waals surface area contributed by atoms with E-state index in [1.54, 1.807) is 13.2 Å². The Balaban J connectivity index is 1.69. The van der Waals surface area contributed by atoms with Crippen LogP contribution in [0.1, 0.15) is 28.4 Å². The highest BCUT2D eigenvalue weighted by atomic mass is 16.5. The van der Waals surface area contributed by atoms with E-state index < -0.39 is 5.97 Å². The van der Waals surface area contributed by atoms with Gasteiger partial charge in [-0.15, -0.1) is 0 Å². The number of carbonyl (C=O) groups is 1. The van der Waals surface area contributed by atoms with Gasteiger partial charge in [-0.25, -0.2) is 4.79 Å². The van der Waals surface area contributed by atoms with Crippen LogP contribution >= 0.6 is 0 Å². The summed E-state index contributed by atoms with van der Waals surface area (Å²) in [4.78, 5) is 11.2. The Kier molecular flexibility index (Phi) is 7.16. The molecule has 1 N–H and O–H groups in total. The van der Waals surface area contributed by atoms with Crippen molar-refractivity contribution < 1.29 is 28.8 Å². The Morgan fingerprint density at radius 1 is 0.767 bits per heavy atom. The van der Waals surface area contributed by atoms with Crippen LogP contribution in [0.2, 0.25) is 0 Å². The molecule has 3 rings (SSSR count). The number of ether oxygens (including phenoxy) is 4. The first-order valence-corrected chi connectivity index (χ1v) is 9.57. The molecule has 30 heavy (non-hydrogen) atoms. The topological polar surface area (TPSA) is 74.2 Å². The molecule has 0 aliphatic rings. The van der Waals surface area contributed by atoms with Crippen LogP contribution in [0.5, 0.6) is 23.0 Å². The van der Waals surface area contributed by atoms with Crippen LogP contribution in [0.4, 0.5) is 0 Å². The van der Waals surface area contributed by atoms with Crippen molar-refractivity contribution in [1.29, 1.82) is 0 Å². The average Bonchev–Trinajstić information content (AvgIpc) is 2.77. The Morgan fingerprint density at radius 2 is 1.43 bits per heavy atom. The zero-order valence-corrected chi connectivity index (χ0v) is 17.0. The Labute approximate surface area is 175 Å². The van der Waals surface area contributed by atoms with Gasteiger partial charge < -0.3 is 24.1 Å². The van der Waals surface area contributed by atoms with Crippen molar-refractivity contribution in [3.8, 4) is 23.0 Å². The van der Waals surface area contributed by atoms with E-state index in [1.165, 1.54) is 12.1 Å². The second-order valence-corrected chi connectivity index (χ2v) is 6.45. The minimum Gasteiger partial charge on any atom is -0.493 e. The molecule has 0 aromatic heterocycles.